The molecule has 1 aliphatic rings. The molecule has 6 heteroatoms. The predicted octanol–water partition coefficient (Wildman–Crippen LogP) is 2.97. The molecule has 25 heavy (non-hydrogen) atoms. The summed E-state index contributed by atoms with van der Waals surface area (Å²) in [5.41, 5.74) is 2.58. The van der Waals surface area contributed by atoms with Crippen molar-refractivity contribution in [2.24, 2.45) is 0 Å². The Hall–Kier alpha value is -1.69. The quantitative estimate of drug-likeness (QED) is 0.813. The maximum Gasteiger partial charge on any atom is 0.169 e. The van der Waals surface area contributed by atoms with Crippen molar-refractivity contribution in [1.82, 2.24) is 20.1 Å². The molecule has 3 rings (SSSR count). The van der Waals surface area contributed by atoms with Crippen LogP contribution in [0.4, 0.5) is 0 Å². The number of nitrogens with zero attached hydrogens (tertiary/aromatic N) is 3. The van der Waals surface area contributed by atoms with Crippen LogP contribution >= 0.6 is 23.8 Å². The predicted molar refractivity (Wildman–Crippen MR) is 107 cm³/mol. The lowest BCUT2D eigenvalue weighted by Crippen LogP contribution is -2.51. The average molecular weight is 375 g/mol. The SMILES string of the molecule is S=C(NCCc1ccc(Cl)cc1)N1CCN(Cc2ccncc2)CC1. The second-order valence-electron chi connectivity index (χ2n) is 6.23. The molecule has 0 radical (unpaired) electrons. The summed E-state index contributed by atoms with van der Waals surface area (Å²) in [5.74, 6) is 0. The lowest BCUT2D eigenvalue weighted by Gasteiger charge is -2.36. The van der Waals surface area contributed by atoms with Gasteiger partial charge in [0.2, 0.25) is 0 Å². The molecule has 2 aromatic rings. The maximum atomic E-state index is 5.91. The Balaban J connectivity index is 1.37. The van der Waals surface area contributed by atoms with E-state index >= 15 is 0 Å². The van der Waals surface area contributed by atoms with Gasteiger partial charge < -0.3 is 10.2 Å². The van der Waals surface area contributed by atoms with E-state index in [2.05, 4.69) is 44.4 Å². The van der Waals surface area contributed by atoms with Gasteiger partial charge in [-0.1, -0.05) is 23.7 Å². The first-order valence-electron chi connectivity index (χ1n) is 8.59. The van der Waals surface area contributed by atoms with Crippen LogP contribution in [0.3, 0.4) is 0 Å². The third-order valence-electron chi connectivity index (χ3n) is 4.42. The van der Waals surface area contributed by atoms with Crippen LogP contribution in [0.2, 0.25) is 5.02 Å². The monoisotopic (exact) mass is 374 g/mol. The Labute approximate surface area is 159 Å². The van der Waals surface area contributed by atoms with Gasteiger partial charge in [0.25, 0.3) is 0 Å². The summed E-state index contributed by atoms with van der Waals surface area (Å²) in [6.45, 7) is 5.82. The lowest BCUT2D eigenvalue weighted by atomic mass is 10.1. The second-order valence-corrected chi connectivity index (χ2v) is 7.05. The minimum absolute atomic E-state index is 0.775. The first-order valence-corrected chi connectivity index (χ1v) is 9.38. The maximum absolute atomic E-state index is 5.91. The number of halogens is 1. The summed E-state index contributed by atoms with van der Waals surface area (Å²) in [4.78, 5) is 8.79. The van der Waals surface area contributed by atoms with Crippen molar-refractivity contribution < 1.29 is 0 Å². The summed E-state index contributed by atoms with van der Waals surface area (Å²) in [5, 5.41) is 5.01. The largest absolute Gasteiger partial charge is 0.362 e. The zero-order valence-corrected chi connectivity index (χ0v) is 15.8. The standard InChI is InChI=1S/C19H23ClN4S/c20-18-3-1-16(2-4-18)7-10-22-19(25)24-13-11-23(12-14-24)15-17-5-8-21-9-6-17/h1-6,8-9H,7,10-15H2,(H,22,25). The van der Waals surface area contributed by atoms with Crippen molar-refractivity contribution in [3.8, 4) is 0 Å². The van der Waals surface area contributed by atoms with Gasteiger partial charge in [-0.25, -0.2) is 0 Å². The molecule has 1 N–H and O–H groups in total. The van der Waals surface area contributed by atoms with Crippen LogP contribution in [0.5, 0.6) is 0 Å². The Kier molecular flexibility index (Phi) is 6.62. The normalized spacial score (nSPS) is 15.2. The van der Waals surface area contributed by atoms with E-state index in [-0.39, 0.29) is 0 Å². The van der Waals surface area contributed by atoms with Crippen LogP contribution in [0, 0.1) is 0 Å². The van der Waals surface area contributed by atoms with E-state index < -0.39 is 0 Å². The fraction of sp³-hybridized carbons (Fsp3) is 0.368. The fourth-order valence-electron chi connectivity index (χ4n) is 2.93. The number of nitrogens with one attached hydrogen (secondary N) is 1. The van der Waals surface area contributed by atoms with E-state index in [4.69, 9.17) is 23.8 Å². The Morgan fingerprint density at radius 1 is 1.00 bits per heavy atom. The molecule has 1 saturated heterocycles. The summed E-state index contributed by atoms with van der Waals surface area (Å²) in [6.07, 6.45) is 4.65. The minimum atomic E-state index is 0.775. The molecule has 0 saturated carbocycles. The van der Waals surface area contributed by atoms with Crippen molar-refractivity contribution in [3.63, 3.8) is 0 Å². The molecule has 1 aromatic carbocycles. The zero-order valence-electron chi connectivity index (χ0n) is 14.2. The van der Waals surface area contributed by atoms with Gasteiger partial charge in [-0.2, -0.15) is 0 Å². The molecular weight excluding hydrogens is 352 g/mol. The molecular formula is C19H23ClN4S. The van der Waals surface area contributed by atoms with E-state index in [9.17, 15) is 0 Å². The van der Waals surface area contributed by atoms with Crippen molar-refractivity contribution in [1.29, 1.82) is 0 Å². The average Bonchev–Trinajstić information content (AvgIpc) is 2.65. The highest BCUT2D eigenvalue weighted by molar-refractivity contribution is 7.80. The number of piperazine rings is 1. The summed E-state index contributed by atoms with van der Waals surface area (Å²) in [6, 6.07) is 12.1. The van der Waals surface area contributed by atoms with Gasteiger partial charge in [0.1, 0.15) is 0 Å². The number of rotatable bonds is 5. The number of pyridine rings is 1. The van der Waals surface area contributed by atoms with Crippen molar-refractivity contribution in [3.05, 3.63) is 64.9 Å². The van der Waals surface area contributed by atoms with E-state index in [1.54, 1.807) is 0 Å². The fourth-order valence-corrected chi connectivity index (χ4v) is 3.34. The van der Waals surface area contributed by atoms with E-state index in [0.29, 0.717) is 0 Å². The van der Waals surface area contributed by atoms with Crippen molar-refractivity contribution in [2.45, 2.75) is 13.0 Å². The summed E-state index contributed by atoms with van der Waals surface area (Å²) >= 11 is 11.5. The molecule has 132 valence electrons. The van der Waals surface area contributed by atoms with Gasteiger partial charge in [-0.3, -0.25) is 9.88 Å². The van der Waals surface area contributed by atoms with Crippen molar-refractivity contribution in [2.75, 3.05) is 32.7 Å². The van der Waals surface area contributed by atoms with Gasteiger partial charge in [-0.15, -0.1) is 0 Å². The molecule has 4 nitrogen and oxygen atoms in total. The molecule has 0 aliphatic carbocycles. The highest BCUT2D eigenvalue weighted by Gasteiger charge is 2.18. The minimum Gasteiger partial charge on any atom is -0.362 e. The van der Waals surface area contributed by atoms with Gasteiger partial charge in [0, 0.05) is 56.7 Å². The van der Waals surface area contributed by atoms with E-state index in [1.807, 2.05) is 24.5 Å². The van der Waals surface area contributed by atoms with Crippen LogP contribution in [0.15, 0.2) is 48.8 Å². The molecule has 1 fully saturated rings. The number of aromatic nitrogens is 1. The molecule has 0 unspecified atom stereocenters. The van der Waals surface area contributed by atoms with Crippen LogP contribution in [0.25, 0.3) is 0 Å². The number of benzene rings is 1. The second kappa shape index (κ2) is 9.13. The summed E-state index contributed by atoms with van der Waals surface area (Å²) < 4.78 is 0. The summed E-state index contributed by atoms with van der Waals surface area (Å²) in [7, 11) is 0. The molecule has 1 aromatic heterocycles. The topological polar surface area (TPSA) is 31.4 Å². The smallest absolute Gasteiger partial charge is 0.169 e. The number of hydrogen-bond donors (Lipinski definition) is 1. The highest BCUT2D eigenvalue weighted by atomic mass is 35.5. The third kappa shape index (κ3) is 5.66. The van der Waals surface area contributed by atoms with Gasteiger partial charge in [0.15, 0.2) is 5.11 Å². The first kappa shape index (κ1) is 18.1. The third-order valence-corrected chi connectivity index (χ3v) is 5.07. The molecule has 0 spiro atoms. The van der Waals surface area contributed by atoms with Gasteiger partial charge >= 0.3 is 0 Å². The molecule has 0 bridgehead atoms. The van der Waals surface area contributed by atoms with Crippen LogP contribution in [-0.2, 0) is 13.0 Å². The zero-order chi connectivity index (χ0) is 17.5. The Morgan fingerprint density at radius 2 is 1.68 bits per heavy atom. The Morgan fingerprint density at radius 3 is 2.36 bits per heavy atom. The van der Waals surface area contributed by atoms with Gasteiger partial charge in [-0.05, 0) is 54.0 Å². The molecule has 1 aliphatic heterocycles. The van der Waals surface area contributed by atoms with Crippen molar-refractivity contribution >= 4 is 28.9 Å². The first-order chi connectivity index (χ1) is 12.2. The van der Waals surface area contributed by atoms with E-state index in [0.717, 1.165) is 55.8 Å². The lowest BCUT2D eigenvalue weighted by molar-refractivity contribution is 0.174. The van der Waals surface area contributed by atoms with Crippen LogP contribution < -0.4 is 5.32 Å². The van der Waals surface area contributed by atoms with Gasteiger partial charge in [0.05, 0.1) is 0 Å². The molecule has 2 heterocycles. The molecule has 0 amide bonds. The number of thiocarbonyl (C=S) groups is 1. The number of hydrogen-bond acceptors (Lipinski definition) is 3. The molecule has 0 atom stereocenters. The Bertz CT molecular complexity index is 670. The highest BCUT2D eigenvalue weighted by Crippen LogP contribution is 2.10. The van der Waals surface area contributed by atoms with Crippen LogP contribution in [0.1, 0.15) is 11.1 Å². The van der Waals surface area contributed by atoms with Crippen LogP contribution in [-0.4, -0.2) is 52.6 Å². The van der Waals surface area contributed by atoms with E-state index in [1.165, 1.54) is 11.1 Å².